The summed E-state index contributed by atoms with van der Waals surface area (Å²) in [6.45, 7) is 4.53. The van der Waals surface area contributed by atoms with Crippen molar-refractivity contribution in [1.82, 2.24) is 4.72 Å². The molecule has 0 aromatic heterocycles. The van der Waals surface area contributed by atoms with Gasteiger partial charge < -0.3 is 5.32 Å². The van der Waals surface area contributed by atoms with Crippen LogP contribution in [0.25, 0.3) is 0 Å². The van der Waals surface area contributed by atoms with Crippen molar-refractivity contribution in [2.45, 2.75) is 31.8 Å². The maximum atomic E-state index is 12.7. The van der Waals surface area contributed by atoms with Gasteiger partial charge in [-0.25, -0.2) is 13.1 Å². The molecule has 0 radical (unpaired) electrons. The van der Waals surface area contributed by atoms with Gasteiger partial charge in [-0.05, 0) is 50.1 Å². The molecule has 0 heterocycles. The molecule has 0 saturated heterocycles. The molecule has 1 amide bonds. The van der Waals surface area contributed by atoms with Crippen molar-refractivity contribution >= 4 is 21.6 Å². The molecular formula is C18H19F3N2O3S. The number of amides is 1. The predicted molar refractivity (Wildman–Crippen MR) is 95.9 cm³/mol. The highest BCUT2D eigenvalue weighted by Gasteiger charge is 2.30. The Balaban J connectivity index is 2.10. The van der Waals surface area contributed by atoms with Gasteiger partial charge in [-0.2, -0.15) is 13.2 Å². The van der Waals surface area contributed by atoms with Gasteiger partial charge >= 0.3 is 6.18 Å². The SMILES string of the molecule is Cc1cc(C)c(S(=O)(=O)NCC(=O)Nc2cccc(C(F)(F)F)c2)c(C)c1. The lowest BCUT2D eigenvalue weighted by molar-refractivity contribution is -0.137. The van der Waals surface area contributed by atoms with Crippen molar-refractivity contribution in [2.75, 3.05) is 11.9 Å². The van der Waals surface area contributed by atoms with E-state index in [0.717, 1.165) is 23.8 Å². The molecule has 0 bridgehead atoms. The second-order valence-electron chi connectivity index (χ2n) is 6.18. The average molecular weight is 400 g/mol. The number of sulfonamides is 1. The highest BCUT2D eigenvalue weighted by molar-refractivity contribution is 7.89. The molecule has 2 aromatic carbocycles. The maximum absolute atomic E-state index is 12.7. The zero-order valence-electron chi connectivity index (χ0n) is 14.9. The number of rotatable bonds is 5. The van der Waals surface area contributed by atoms with Crippen LogP contribution in [0.3, 0.4) is 0 Å². The number of aryl methyl sites for hydroxylation is 3. The van der Waals surface area contributed by atoms with Gasteiger partial charge in [0.2, 0.25) is 15.9 Å². The molecule has 0 fully saturated rings. The molecule has 27 heavy (non-hydrogen) atoms. The van der Waals surface area contributed by atoms with Gasteiger partial charge in [-0.3, -0.25) is 4.79 Å². The Labute approximate surface area is 155 Å². The van der Waals surface area contributed by atoms with E-state index in [1.54, 1.807) is 26.0 Å². The summed E-state index contributed by atoms with van der Waals surface area (Å²) in [5.41, 5.74) is 1.01. The van der Waals surface area contributed by atoms with Gasteiger partial charge in [0.25, 0.3) is 0 Å². The number of hydrogen-bond donors (Lipinski definition) is 2. The summed E-state index contributed by atoms with van der Waals surface area (Å²) >= 11 is 0. The minimum absolute atomic E-state index is 0.0725. The van der Waals surface area contributed by atoms with Crippen LogP contribution in [0.4, 0.5) is 18.9 Å². The average Bonchev–Trinajstić information content (AvgIpc) is 2.51. The first kappa shape index (κ1) is 20.9. The van der Waals surface area contributed by atoms with Crippen LogP contribution in [0.1, 0.15) is 22.3 Å². The molecule has 2 rings (SSSR count). The van der Waals surface area contributed by atoms with Crippen LogP contribution in [0.15, 0.2) is 41.3 Å². The Hall–Kier alpha value is -2.39. The van der Waals surface area contributed by atoms with E-state index in [2.05, 4.69) is 10.0 Å². The summed E-state index contributed by atoms with van der Waals surface area (Å²) in [5, 5.41) is 2.25. The third-order valence-corrected chi connectivity index (χ3v) is 5.48. The van der Waals surface area contributed by atoms with Crippen molar-refractivity contribution in [1.29, 1.82) is 0 Å². The zero-order valence-corrected chi connectivity index (χ0v) is 15.8. The Morgan fingerprint density at radius 1 is 1.04 bits per heavy atom. The summed E-state index contributed by atoms with van der Waals surface area (Å²) in [4.78, 5) is 12.0. The predicted octanol–water partition coefficient (Wildman–Crippen LogP) is 3.55. The molecule has 5 nitrogen and oxygen atoms in total. The van der Waals surface area contributed by atoms with Crippen LogP contribution >= 0.6 is 0 Å². The topological polar surface area (TPSA) is 75.3 Å². The molecule has 0 aliphatic heterocycles. The van der Waals surface area contributed by atoms with Gasteiger partial charge in [-0.15, -0.1) is 0 Å². The van der Waals surface area contributed by atoms with E-state index in [1.807, 2.05) is 6.92 Å². The van der Waals surface area contributed by atoms with E-state index in [0.29, 0.717) is 11.1 Å². The lowest BCUT2D eigenvalue weighted by Crippen LogP contribution is -2.33. The zero-order chi connectivity index (χ0) is 20.4. The smallest absolute Gasteiger partial charge is 0.325 e. The van der Waals surface area contributed by atoms with Crippen molar-refractivity contribution in [3.63, 3.8) is 0 Å². The van der Waals surface area contributed by atoms with Crippen LogP contribution < -0.4 is 10.0 Å². The number of halogens is 3. The molecule has 0 spiro atoms. The molecule has 0 unspecified atom stereocenters. The molecule has 0 saturated carbocycles. The summed E-state index contributed by atoms with van der Waals surface area (Å²) in [7, 11) is -3.95. The standard InChI is InChI=1S/C18H19F3N2O3S/c1-11-7-12(2)17(13(3)8-11)27(25,26)22-10-16(24)23-15-6-4-5-14(9-15)18(19,20)21/h4-9,22H,10H2,1-3H3,(H,23,24). The lowest BCUT2D eigenvalue weighted by Gasteiger charge is -2.13. The third-order valence-electron chi connectivity index (χ3n) is 3.77. The van der Waals surface area contributed by atoms with E-state index >= 15 is 0 Å². The van der Waals surface area contributed by atoms with Gasteiger partial charge in [0.05, 0.1) is 17.0 Å². The maximum Gasteiger partial charge on any atom is 0.416 e. The molecule has 2 N–H and O–H groups in total. The number of benzene rings is 2. The minimum atomic E-state index is -4.54. The van der Waals surface area contributed by atoms with Crippen LogP contribution in [0, 0.1) is 20.8 Å². The van der Waals surface area contributed by atoms with Crippen molar-refractivity contribution in [3.05, 3.63) is 58.7 Å². The molecule has 9 heteroatoms. The number of nitrogens with one attached hydrogen (secondary N) is 2. The highest BCUT2D eigenvalue weighted by atomic mass is 32.2. The Bertz CT molecular complexity index is 947. The summed E-state index contributed by atoms with van der Waals surface area (Å²) in [5.74, 6) is -0.777. The van der Waals surface area contributed by atoms with E-state index in [1.165, 1.54) is 6.07 Å². The van der Waals surface area contributed by atoms with Gasteiger partial charge in [-0.1, -0.05) is 23.8 Å². The molecule has 0 aliphatic carbocycles. The highest BCUT2D eigenvalue weighted by Crippen LogP contribution is 2.30. The van der Waals surface area contributed by atoms with Crippen LogP contribution in [-0.2, 0) is 21.0 Å². The molecule has 2 aromatic rings. The van der Waals surface area contributed by atoms with Gasteiger partial charge in [0.1, 0.15) is 0 Å². The largest absolute Gasteiger partial charge is 0.416 e. The quantitative estimate of drug-likeness (QED) is 0.806. The minimum Gasteiger partial charge on any atom is -0.325 e. The van der Waals surface area contributed by atoms with Crippen LogP contribution in [0.5, 0.6) is 0 Å². The van der Waals surface area contributed by atoms with E-state index in [-0.39, 0.29) is 10.6 Å². The van der Waals surface area contributed by atoms with Crippen molar-refractivity contribution < 1.29 is 26.4 Å². The number of anilines is 1. The first-order valence-electron chi connectivity index (χ1n) is 7.95. The number of hydrogen-bond acceptors (Lipinski definition) is 3. The van der Waals surface area contributed by atoms with Crippen LogP contribution in [0.2, 0.25) is 0 Å². The molecular weight excluding hydrogens is 381 g/mol. The number of carbonyl (C=O) groups excluding carboxylic acids is 1. The second-order valence-corrected chi connectivity index (χ2v) is 7.88. The summed E-state index contributed by atoms with van der Waals surface area (Å²) < 4.78 is 65.2. The lowest BCUT2D eigenvalue weighted by atomic mass is 10.1. The molecule has 0 aliphatic rings. The third kappa shape index (κ3) is 5.30. The number of alkyl halides is 3. The fourth-order valence-corrected chi connectivity index (χ4v) is 4.23. The van der Waals surface area contributed by atoms with Crippen LogP contribution in [-0.4, -0.2) is 20.9 Å². The summed E-state index contributed by atoms with van der Waals surface area (Å²) in [6.07, 6.45) is -4.54. The second kappa shape index (κ2) is 7.69. The first-order chi connectivity index (χ1) is 12.4. The van der Waals surface area contributed by atoms with E-state index in [9.17, 15) is 26.4 Å². The summed E-state index contributed by atoms with van der Waals surface area (Å²) in [6, 6.07) is 7.52. The van der Waals surface area contributed by atoms with Gasteiger partial charge in [0, 0.05) is 5.69 Å². The fourth-order valence-electron chi connectivity index (χ4n) is 2.80. The molecule has 0 atom stereocenters. The van der Waals surface area contributed by atoms with E-state index < -0.39 is 34.2 Å². The first-order valence-corrected chi connectivity index (χ1v) is 9.43. The fraction of sp³-hybridized carbons (Fsp3) is 0.278. The Kier molecular flexibility index (Phi) is 5.96. The molecule has 146 valence electrons. The normalized spacial score (nSPS) is 12.1. The van der Waals surface area contributed by atoms with E-state index in [4.69, 9.17) is 0 Å². The Morgan fingerprint density at radius 2 is 1.63 bits per heavy atom. The van der Waals surface area contributed by atoms with Crippen molar-refractivity contribution in [2.24, 2.45) is 0 Å². The van der Waals surface area contributed by atoms with Crippen molar-refractivity contribution in [3.8, 4) is 0 Å². The number of carbonyl (C=O) groups is 1. The van der Waals surface area contributed by atoms with Gasteiger partial charge in [0.15, 0.2) is 0 Å². The monoisotopic (exact) mass is 400 g/mol. The Morgan fingerprint density at radius 3 is 2.19 bits per heavy atom.